The minimum absolute atomic E-state index is 0.194. The first-order valence-corrected chi connectivity index (χ1v) is 12.6. The Morgan fingerprint density at radius 2 is 1.06 bits per heavy atom. The number of carbonyl (C=O) groups excluding carboxylic acids is 4. The monoisotopic (exact) mass is 470 g/mol. The van der Waals surface area contributed by atoms with Crippen molar-refractivity contribution in [2.45, 2.75) is 38.0 Å². The lowest BCUT2D eigenvalue weighted by Crippen LogP contribution is -2.49. The number of thiophene rings is 2. The maximum atomic E-state index is 13.5. The molecule has 4 saturated heterocycles. The first-order chi connectivity index (χ1) is 15.5. The van der Waals surface area contributed by atoms with Crippen molar-refractivity contribution < 1.29 is 19.2 Å². The van der Waals surface area contributed by atoms with Crippen molar-refractivity contribution in [1.29, 1.82) is 0 Å². The third-order valence-corrected chi connectivity index (χ3v) is 9.10. The lowest BCUT2D eigenvalue weighted by molar-refractivity contribution is -0.152. The zero-order valence-corrected chi connectivity index (χ0v) is 19.2. The second-order valence-corrected chi connectivity index (χ2v) is 10.4. The van der Waals surface area contributed by atoms with Gasteiger partial charge in [-0.1, -0.05) is 12.1 Å². The number of carbonyl (C=O) groups is 4. The van der Waals surface area contributed by atoms with Gasteiger partial charge in [0.1, 0.15) is 12.1 Å². The summed E-state index contributed by atoms with van der Waals surface area (Å²) in [6, 6.07) is 5.44. The molecule has 2 aromatic heterocycles. The summed E-state index contributed by atoms with van der Waals surface area (Å²) in [4.78, 5) is 58.3. The van der Waals surface area contributed by atoms with Crippen LogP contribution in [0.5, 0.6) is 0 Å². The molecule has 0 N–H and O–H groups in total. The third kappa shape index (κ3) is 2.33. The normalized spacial score (nSPS) is 34.7. The van der Waals surface area contributed by atoms with Gasteiger partial charge in [0.05, 0.1) is 23.9 Å². The van der Waals surface area contributed by atoms with Crippen LogP contribution in [0, 0.1) is 11.8 Å². The highest BCUT2D eigenvalue weighted by Gasteiger charge is 2.73. The van der Waals surface area contributed by atoms with Gasteiger partial charge in [-0.2, -0.15) is 0 Å². The van der Waals surface area contributed by atoms with E-state index in [2.05, 4.69) is 0 Å². The number of hydrogen-bond acceptors (Lipinski definition) is 8. The molecule has 6 heterocycles. The molecule has 4 aliphatic heterocycles. The summed E-state index contributed by atoms with van der Waals surface area (Å²) in [5.74, 6) is -2.05. The Bertz CT molecular complexity index is 1030. The minimum atomic E-state index is -0.706. The highest BCUT2D eigenvalue weighted by Crippen LogP contribution is 2.59. The standard InChI is InChI=1S/C22H22N4O4S2/c1-3-23-19(27)13-15(11-7-5-9-31-11)26-18-14(20(28)24(4-2)22(18)30)16(12-8-6-10-32-12)25(26)17(13)21(23)29/h5-10,13-18H,3-4H2,1-2H3/t13-,14-,15+,16+,17-,18+/m1/s1. The Labute approximate surface area is 193 Å². The second kappa shape index (κ2) is 7.05. The maximum absolute atomic E-state index is 13.5. The molecule has 166 valence electrons. The van der Waals surface area contributed by atoms with Crippen LogP contribution >= 0.6 is 22.7 Å². The quantitative estimate of drug-likeness (QED) is 0.635. The van der Waals surface area contributed by atoms with E-state index in [1.165, 1.54) is 32.5 Å². The van der Waals surface area contributed by atoms with Gasteiger partial charge >= 0.3 is 0 Å². The average Bonchev–Trinajstić information content (AvgIpc) is 3.58. The Hall–Kier alpha value is -2.40. The number of likely N-dealkylation sites (tertiary alicyclic amines) is 2. The van der Waals surface area contributed by atoms with E-state index in [0.29, 0.717) is 13.1 Å². The number of hydrazine groups is 1. The van der Waals surface area contributed by atoms with E-state index in [1.807, 2.05) is 45.0 Å². The van der Waals surface area contributed by atoms with Crippen molar-refractivity contribution >= 4 is 46.3 Å². The smallest absolute Gasteiger partial charge is 0.248 e. The predicted molar refractivity (Wildman–Crippen MR) is 117 cm³/mol. The van der Waals surface area contributed by atoms with Crippen LogP contribution in [-0.2, 0) is 19.2 Å². The van der Waals surface area contributed by atoms with Crippen LogP contribution in [0.15, 0.2) is 35.0 Å². The van der Waals surface area contributed by atoms with Crippen LogP contribution in [0.3, 0.4) is 0 Å². The van der Waals surface area contributed by atoms with E-state index >= 15 is 0 Å². The Balaban J connectivity index is 1.57. The van der Waals surface area contributed by atoms with Gasteiger partial charge in [0, 0.05) is 22.8 Å². The van der Waals surface area contributed by atoms with Crippen molar-refractivity contribution in [1.82, 2.24) is 19.8 Å². The number of rotatable bonds is 4. The Morgan fingerprint density at radius 3 is 1.38 bits per heavy atom. The van der Waals surface area contributed by atoms with Gasteiger partial charge in [-0.05, 0) is 36.7 Å². The first-order valence-electron chi connectivity index (χ1n) is 10.8. The van der Waals surface area contributed by atoms with Crippen molar-refractivity contribution in [3.63, 3.8) is 0 Å². The van der Waals surface area contributed by atoms with Crippen molar-refractivity contribution in [2.24, 2.45) is 11.8 Å². The van der Waals surface area contributed by atoms with Gasteiger partial charge in [-0.3, -0.25) is 29.0 Å². The van der Waals surface area contributed by atoms with Gasteiger partial charge in [-0.25, -0.2) is 10.0 Å². The Morgan fingerprint density at radius 1 is 0.656 bits per heavy atom. The summed E-state index contributed by atoms with van der Waals surface area (Å²) < 4.78 is 0. The first kappa shape index (κ1) is 20.2. The van der Waals surface area contributed by atoms with E-state index in [4.69, 9.17) is 0 Å². The molecule has 8 nitrogen and oxygen atoms in total. The summed E-state index contributed by atoms with van der Waals surface area (Å²) in [7, 11) is 0. The number of amides is 4. The fourth-order valence-corrected chi connectivity index (χ4v) is 7.78. The molecule has 32 heavy (non-hydrogen) atoms. The molecule has 4 aliphatic rings. The topological polar surface area (TPSA) is 81.2 Å². The molecule has 0 radical (unpaired) electrons. The van der Waals surface area contributed by atoms with Crippen LogP contribution in [0.2, 0.25) is 0 Å². The van der Waals surface area contributed by atoms with Gasteiger partial charge in [0.25, 0.3) is 0 Å². The summed E-state index contributed by atoms with van der Waals surface area (Å²) in [6.45, 7) is 4.23. The highest BCUT2D eigenvalue weighted by molar-refractivity contribution is 7.10. The van der Waals surface area contributed by atoms with Crippen molar-refractivity contribution in [3.8, 4) is 0 Å². The summed E-state index contributed by atoms with van der Waals surface area (Å²) >= 11 is 3.03. The summed E-state index contributed by atoms with van der Waals surface area (Å²) in [6.07, 6.45) is 0. The molecule has 0 aliphatic carbocycles. The lowest BCUT2D eigenvalue weighted by Gasteiger charge is -2.34. The predicted octanol–water partition coefficient (Wildman–Crippen LogP) is 1.89. The molecule has 0 spiro atoms. The fraction of sp³-hybridized carbons (Fsp3) is 0.455. The van der Waals surface area contributed by atoms with E-state index in [-0.39, 0.29) is 23.6 Å². The molecule has 0 bridgehead atoms. The van der Waals surface area contributed by atoms with Gasteiger partial charge in [0.2, 0.25) is 23.6 Å². The summed E-state index contributed by atoms with van der Waals surface area (Å²) in [5.41, 5.74) is 0. The largest absolute Gasteiger partial charge is 0.281 e. The molecular weight excluding hydrogens is 448 g/mol. The SMILES string of the molecule is CCN1C(=O)[C@H]2[C@@H](C1=O)N1[C@@H](c3cccs3)[C@H]3C(=O)N(CC)C(=O)[C@@H]3N1[C@H]2c1cccs1. The second-order valence-electron chi connectivity index (χ2n) is 8.46. The van der Waals surface area contributed by atoms with E-state index in [9.17, 15) is 19.2 Å². The molecule has 0 saturated carbocycles. The van der Waals surface area contributed by atoms with Crippen molar-refractivity contribution in [3.05, 3.63) is 44.8 Å². The third-order valence-electron chi connectivity index (χ3n) is 7.21. The number of likely N-dealkylation sites (N-methyl/N-ethyl adjacent to an activating group) is 2. The molecule has 0 aromatic carbocycles. The maximum Gasteiger partial charge on any atom is 0.248 e. The number of fused-ring (bicyclic) bond motifs is 5. The van der Waals surface area contributed by atoms with Gasteiger partial charge in [0.15, 0.2) is 0 Å². The molecule has 0 unspecified atom stereocenters. The zero-order valence-electron chi connectivity index (χ0n) is 17.6. The Kier molecular flexibility index (Phi) is 4.45. The van der Waals surface area contributed by atoms with E-state index < -0.39 is 36.0 Å². The van der Waals surface area contributed by atoms with Crippen LogP contribution in [-0.4, -0.2) is 68.6 Å². The van der Waals surface area contributed by atoms with Crippen LogP contribution in [0.4, 0.5) is 0 Å². The van der Waals surface area contributed by atoms with Crippen LogP contribution < -0.4 is 0 Å². The van der Waals surface area contributed by atoms with Gasteiger partial charge in [-0.15, -0.1) is 22.7 Å². The minimum Gasteiger partial charge on any atom is -0.281 e. The average molecular weight is 471 g/mol. The number of hydrogen-bond donors (Lipinski definition) is 0. The summed E-state index contributed by atoms with van der Waals surface area (Å²) in [5, 5.41) is 7.73. The number of imide groups is 2. The fourth-order valence-electron chi connectivity index (χ4n) is 6.05. The zero-order chi connectivity index (χ0) is 22.3. The van der Waals surface area contributed by atoms with Crippen LogP contribution in [0.25, 0.3) is 0 Å². The lowest BCUT2D eigenvalue weighted by atomic mass is 9.88. The molecule has 2 aromatic rings. The van der Waals surface area contributed by atoms with Gasteiger partial charge < -0.3 is 0 Å². The van der Waals surface area contributed by atoms with Crippen LogP contribution in [0.1, 0.15) is 35.7 Å². The van der Waals surface area contributed by atoms with E-state index in [1.54, 1.807) is 13.8 Å². The molecule has 10 heteroatoms. The molecular formula is C22H22N4O4S2. The number of nitrogens with zero attached hydrogens (tertiary/aromatic N) is 4. The highest BCUT2D eigenvalue weighted by atomic mass is 32.1. The van der Waals surface area contributed by atoms with E-state index in [0.717, 1.165) is 9.75 Å². The molecule has 6 rings (SSSR count). The molecule has 4 fully saturated rings. The molecule has 6 atom stereocenters. The van der Waals surface area contributed by atoms with Crippen molar-refractivity contribution in [2.75, 3.05) is 13.1 Å². The molecule has 4 amide bonds.